The number of fused-ring (bicyclic) bond motifs is 1. The third kappa shape index (κ3) is 3.19. The number of hydrogen-bond acceptors (Lipinski definition) is 4. The summed E-state index contributed by atoms with van der Waals surface area (Å²) in [4.78, 5) is 14.2. The van der Waals surface area contributed by atoms with Crippen molar-refractivity contribution < 1.29 is 19.0 Å². The van der Waals surface area contributed by atoms with Gasteiger partial charge in [-0.1, -0.05) is 11.6 Å². The zero-order valence-corrected chi connectivity index (χ0v) is 13.6. The van der Waals surface area contributed by atoms with Crippen LogP contribution in [0.2, 0.25) is 5.02 Å². The van der Waals surface area contributed by atoms with Gasteiger partial charge in [0.25, 0.3) is 5.91 Å². The van der Waals surface area contributed by atoms with Gasteiger partial charge in [0.15, 0.2) is 11.5 Å². The minimum Gasteiger partial charge on any atom is -0.496 e. The standard InChI is InChI=1S/C17H16ClNO4/c1-19(9-12-7-13(18)4-6-14(12)21-2)17(20)11-3-5-15-16(8-11)23-10-22-15/h3-8H,9-10H2,1-2H3. The van der Waals surface area contributed by atoms with E-state index in [0.717, 1.165) is 5.56 Å². The lowest BCUT2D eigenvalue weighted by atomic mass is 10.1. The van der Waals surface area contributed by atoms with Crippen LogP contribution >= 0.6 is 11.6 Å². The topological polar surface area (TPSA) is 48.0 Å². The molecule has 2 aromatic carbocycles. The van der Waals surface area contributed by atoms with Crippen LogP contribution < -0.4 is 14.2 Å². The number of rotatable bonds is 4. The van der Waals surface area contributed by atoms with Crippen molar-refractivity contribution in [3.8, 4) is 17.2 Å². The van der Waals surface area contributed by atoms with Gasteiger partial charge in [0.05, 0.1) is 7.11 Å². The Morgan fingerprint density at radius 3 is 2.78 bits per heavy atom. The van der Waals surface area contributed by atoms with Crippen molar-refractivity contribution in [3.63, 3.8) is 0 Å². The van der Waals surface area contributed by atoms with Gasteiger partial charge in [-0.2, -0.15) is 0 Å². The molecular formula is C17H16ClNO4. The highest BCUT2D eigenvalue weighted by molar-refractivity contribution is 6.30. The summed E-state index contributed by atoms with van der Waals surface area (Å²) >= 11 is 6.03. The molecule has 3 rings (SSSR count). The second kappa shape index (κ2) is 6.38. The van der Waals surface area contributed by atoms with Gasteiger partial charge in [-0.05, 0) is 36.4 Å². The summed E-state index contributed by atoms with van der Waals surface area (Å²) in [6.07, 6.45) is 0. The van der Waals surface area contributed by atoms with Crippen LogP contribution in [0.5, 0.6) is 17.2 Å². The highest BCUT2D eigenvalue weighted by Crippen LogP contribution is 2.33. The molecule has 0 spiro atoms. The Labute approximate surface area is 139 Å². The highest BCUT2D eigenvalue weighted by atomic mass is 35.5. The predicted octanol–water partition coefficient (Wildman–Crippen LogP) is 3.35. The van der Waals surface area contributed by atoms with E-state index in [-0.39, 0.29) is 12.7 Å². The number of ether oxygens (including phenoxy) is 3. The van der Waals surface area contributed by atoms with Crippen LogP contribution in [-0.2, 0) is 6.54 Å². The lowest BCUT2D eigenvalue weighted by molar-refractivity contribution is 0.0784. The molecule has 0 aliphatic carbocycles. The van der Waals surface area contributed by atoms with Gasteiger partial charge in [-0.3, -0.25) is 4.79 Å². The maximum atomic E-state index is 12.6. The van der Waals surface area contributed by atoms with Crippen molar-refractivity contribution in [1.82, 2.24) is 4.90 Å². The number of hydrogen-bond donors (Lipinski definition) is 0. The van der Waals surface area contributed by atoms with Crippen LogP contribution in [0.25, 0.3) is 0 Å². The van der Waals surface area contributed by atoms with Crippen molar-refractivity contribution in [2.45, 2.75) is 6.54 Å². The first-order chi connectivity index (χ1) is 11.1. The van der Waals surface area contributed by atoms with Crippen LogP contribution in [-0.4, -0.2) is 31.8 Å². The zero-order valence-electron chi connectivity index (χ0n) is 12.8. The summed E-state index contributed by atoms with van der Waals surface area (Å²) in [6.45, 7) is 0.569. The Morgan fingerprint density at radius 2 is 2.00 bits per heavy atom. The Bertz CT molecular complexity index is 747. The lowest BCUT2D eigenvalue weighted by Gasteiger charge is -2.19. The third-order valence-electron chi connectivity index (χ3n) is 3.62. The van der Waals surface area contributed by atoms with Gasteiger partial charge in [0.1, 0.15) is 5.75 Å². The molecule has 0 fully saturated rings. The zero-order chi connectivity index (χ0) is 16.4. The fraction of sp³-hybridized carbons (Fsp3) is 0.235. The quantitative estimate of drug-likeness (QED) is 0.861. The molecule has 2 aromatic rings. The monoisotopic (exact) mass is 333 g/mol. The Morgan fingerprint density at radius 1 is 1.22 bits per heavy atom. The molecule has 5 nitrogen and oxygen atoms in total. The molecule has 0 saturated carbocycles. The van der Waals surface area contributed by atoms with Gasteiger partial charge >= 0.3 is 0 Å². The molecule has 1 heterocycles. The lowest BCUT2D eigenvalue weighted by Crippen LogP contribution is -2.26. The van der Waals surface area contributed by atoms with Gasteiger partial charge < -0.3 is 19.1 Å². The maximum absolute atomic E-state index is 12.6. The first kappa shape index (κ1) is 15.5. The smallest absolute Gasteiger partial charge is 0.254 e. The van der Waals surface area contributed by atoms with Crippen LogP contribution in [0, 0.1) is 0 Å². The van der Waals surface area contributed by atoms with E-state index < -0.39 is 0 Å². The Hall–Kier alpha value is -2.40. The molecule has 6 heteroatoms. The van der Waals surface area contributed by atoms with Gasteiger partial charge in [-0.25, -0.2) is 0 Å². The van der Waals surface area contributed by atoms with E-state index in [2.05, 4.69) is 0 Å². The number of carbonyl (C=O) groups excluding carboxylic acids is 1. The third-order valence-corrected chi connectivity index (χ3v) is 3.85. The van der Waals surface area contributed by atoms with E-state index in [1.54, 1.807) is 55.5 Å². The molecule has 0 saturated heterocycles. The fourth-order valence-corrected chi connectivity index (χ4v) is 2.64. The second-order valence-corrected chi connectivity index (χ2v) is 5.62. The minimum absolute atomic E-state index is 0.120. The van der Waals surface area contributed by atoms with E-state index in [1.807, 2.05) is 0 Å². The van der Waals surface area contributed by atoms with Crippen molar-refractivity contribution in [1.29, 1.82) is 0 Å². The van der Waals surface area contributed by atoms with Crippen molar-refractivity contribution in [3.05, 3.63) is 52.5 Å². The summed E-state index contributed by atoms with van der Waals surface area (Å²) in [5.41, 5.74) is 1.38. The van der Waals surface area contributed by atoms with Crippen molar-refractivity contribution >= 4 is 17.5 Å². The van der Waals surface area contributed by atoms with Crippen LogP contribution in [0.3, 0.4) is 0 Å². The average molecular weight is 334 g/mol. The second-order valence-electron chi connectivity index (χ2n) is 5.19. The van der Waals surface area contributed by atoms with Crippen LogP contribution in [0.15, 0.2) is 36.4 Å². The number of carbonyl (C=O) groups is 1. The van der Waals surface area contributed by atoms with Gasteiger partial charge in [-0.15, -0.1) is 0 Å². The van der Waals surface area contributed by atoms with Crippen molar-refractivity contribution in [2.75, 3.05) is 21.0 Å². The number of benzene rings is 2. The fourth-order valence-electron chi connectivity index (χ4n) is 2.45. The molecule has 120 valence electrons. The molecule has 0 N–H and O–H groups in total. The SMILES string of the molecule is COc1ccc(Cl)cc1CN(C)C(=O)c1ccc2c(c1)OCO2. The molecule has 0 radical (unpaired) electrons. The summed E-state index contributed by atoms with van der Waals surface area (Å²) in [5, 5.41) is 0.602. The van der Waals surface area contributed by atoms with Gasteiger partial charge in [0.2, 0.25) is 6.79 Å². The molecular weight excluding hydrogens is 318 g/mol. The minimum atomic E-state index is -0.120. The first-order valence-electron chi connectivity index (χ1n) is 7.06. The highest BCUT2D eigenvalue weighted by Gasteiger charge is 2.19. The Balaban J connectivity index is 1.79. The Kier molecular flexibility index (Phi) is 4.30. The average Bonchev–Trinajstić information content (AvgIpc) is 3.01. The van der Waals surface area contributed by atoms with E-state index in [9.17, 15) is 4.79 Å². The summed E-state index contributed by atoms with van der Waals surface area (Å²) < 4.78 is 15.9. The first-order valence-corrected chi connectivity index (χ1v) is 7.44. The summed E-state index contributed by atoms with van der Waals surface area (Å²) in [6, 6.07) is 10.5. The number of methoxy groups -OCH3 is 1. The molecule has 1 amide bonds. The molecule has 1 aliphatic heterocycles. The number of nitrogens with zero attached hydrogens (tertiary/aromatic N) is 1. The number of halogens is 1. The van der Waals surface area contributed by atoms with Gasteiger partial charge in [0, 0.05) is 29.7 Å². The van der Waals surface area contributed by atoms with Crippen LogP contribution in [0.1, 0.15) is 15.9 Å². The predicted molar refractivity (Wildman–Crippen MR) is 86.4 cm³/mol. The molecule has 0 atom stereocenters. The van der Waals surface area contributed by atoms with Crippen molar-refractivity contribution in [2.24, 2.45) is 0 Å². The molecule has 23 heavy (non-hydrogen) atoms. The van der Waals surface area contributed by atoms with Crippen LogP contribution in [0.4, 0.5) is 0 Å². The van der Waals surface area contributed by atoms with E-state index in [1.165, 1.54) is 0 Å². The normalized spacial score (nSPS) is 12.1. The molecule has 0 aromatic heterocycles. The van der Waals surface area contributed by atoms with E-state index in [0.29, 0.717) is 34.4 Å². The maximum Gasteiger partial charge on any atom is 0.254 e. The van der Waals surface area contributed by atoms with E-state index >= 15 is 0 Å². The molecule has 1 aliphatic rings. The summed E-state index contributed by atoms with van der Waals surface area (Å²) in [5.74, 6) is 1.82. The van der Waals surface area contributed by atoms with E-state index in [4.69, 9.17) is 25.8 Å². The summed E-state index contributed by atoms with van der Waals surface area (Å²) in [7, 11) is 3.32. The molecule has 0 bridgehead atoms. The molecule has 0 unspecified atom stereocenters. The number of amides is 1. The largest absolute Gasteiger partial charge is 0.496 e.